The molecule has 0 saturated carbocycles. The third-order valence-corrected chi connectivity index (χ3v) is 7.60. The fraction of sp³-hybridized carbons (Fsp3) is 0.636. The number of aryl methyl sites for hydroxylation is 2. The molecule has 4 heteroatoms. The van der Waals surface area contributed by atoms with E-state index in [0.29, 0.717) is 5.75 Å². The number of phenols is 1. The van der Waals surface area contributed by atoms with Gasteiger partial charge in [-0.1, -0.05) is 128 Å². The first-order valence-corrected chi connectivity index (χ1v) is 15.4. The van der Waals surface area contributed by atoms with Crippen LogP contribution in [0.3, 0.4) is 0 Å². The zero-order valence-corrected chi connectivity index (χ0v) is 23.7. The lowest BCUT2D eigenvalue weighted by molar-refractivity contribution is 0.458. The van der Waals surface area contributed by atoms with Crippen LogP contribution in [0.25, 0.3) is 16.7 Å². The van der Waals surface area contributed by atoms with Crippen molar-refractivity contribution in [3.8, 4) is 11.4 Å². The molecule has 204 valence electrons. The fourth-order valence-electron chi connectivity index (χ4n) is 5.29. The van der Waals surface area contributed by atoms with Gasteiger partial charge in [-0.25, -0.2) is 0 Å². The molecule has 3 aromatic rings. The standard InChI is InChI=1S/C33H51N3O/c1-3-5-7-9-11-12-13-15-17-19-23-29-26-28(22-18-16-14-10-8-6-4-2)27-32(33(29)37)36-34-30-24-20-21-25-31(30)35-36/h20-21,24-27,37H,3-19,22-23H2,1-2H3. The monoisotopic (exact) mass is 505 g/mol. The molecule has 0 aliphatic carbocycles. The summed E-state index contributed by atoms with van der Waals surface area (Å²) in [6.45, 7) is 4.55. The summed E-state index contributed by atoms with van der Waals surface area (Å²) >= 11 is 0. The average molecular weight is 506 g/mol. The summed E-state index contributed by atoms with van der Waals surface area (Å²) in [5.41, 5.74) is 4.78. The Labute approximate surface area is 225 Å². The summed E-state index contributed by atoms with van der Waals surface area (Å²) in [7, 11) is 0. The summed E-state index contributed by atoms with van der Waals surface area (Å²) in [5.74, 6) is 0.347. The number of rotatable bonds is 20. The third kappa shape index (κ3) is 10.1. The Bertz CT molecular complexity index is 993. The second-order valence-electron chi connectivity index (χ2n) is 10.9. The van der Waals surface area contributed by atoms with E-state index in [4.69, 9.17) is 0 Å². The van der Waals surface area contributed by atoms with Gasteiger partial charge in [0, 0.05) is 0 Å². The molecule has 37 heavy (non-hydrogen) atoms. The summed E-state index contributed by atoms with van der Waals surface area (Å²) in [6, 6.07) is 12.3. The topological polar surface area (TPSA) is 50.9 Å². The van der Waals surface area contributed by atoms with Gasteiger partial charge in [-0.2, -0.15) is 0 Å². The predicted molar refractivity (Wildman–Crippen MR) is 158 cm³/mol. The van der Waals surface area contributed by atoms with Crippen LogP contribution in [0.15, 0.2) is 36.4 Å². The quantitative estimate of drug-likeness (QED) is 0.155. The molecule has 3 rings (SSSR count). The van der Waals surface area contributed by atoms with Gasteiger partial charge < -0.3 is 5.11 Å². The van der Waals surface area contributed by atoms with Gasteiger partial charge in [-0.15, -0.1) is 15.0 Å². The van der Waals surface area contributed by atoms with Crippen molar-refractivity contribution in [1.29, 1.82) is 0 Å². The molecule has 1 aromatic heterocycles. The van der Waals surface area contributed by atoms with E-state index in [2.05, 4.69) is 36.2 Å². The average Bonchev–Trinajstić information content (AvgIpc) is 3.34. The number of hydrogen-bond acceptors (Lipinski definition) is 3. The lowest BCUT2D eigenvalue weighted by Gasteiger charge is -2.13. The van der Waals surface area contributed by atoms with E-state index in [0.717, 1.165) is 41.5 Å². The first kappa shape index (κ1) is 29.2. The second kappa shape index (κ2) is 17.2. The van der Waals surface area contributed by atoms with Gasteiger partial charge in [-0.05, 0) is 55.0 Å². The van der Waals surface area contributed by atoms with Gasteiger partial charge >= 0.3 is 0 Å². The van der Waals surface area contributed by atoms with E-state index in [1.807, 2.05) is 24.3 Å². The maximum atomic E-state index is 11.2. The number of fused-ring (bicyclic) bond motifs is 1. The molecule has 1 heterocycles. The molecule has 0 atom stereocenters. The van der Waals surface area contributed by atoms with E-state index in [-0.39, 0.29) is 0 Å². The first-order chi connectivity index (χ1) is 18.2. The van der Waals surface area contributed by atoms with E-state index < -0.39 is 0 Å². The minimum absolute atomic E-state index is 0.347. The summed E-state index contributed by atoms with van der Waals surface area (Å²) in [5, 5.41) is 20.6. The fourth-order valence-corrected chi connectivity index (χ4v) is 5.29. The van der Waals surface area contributed by atoms with Crippen LogP contribution in [-0.2, 0) is 12.8 Å². The van der Waals surface area contributed by atoms with Crippen molar-refractivity contribution in [3.05, 3.63) is 47.5 Å². The van der Waals surface area contributed by atoms with E-state index >= 15 is 0 Å². The van der Waals surface area contributed by atoms with Gasteiger partial charge in [0.1, 0.15) is 22.5 Å². The van der Waals surface area contributed by atoms with Gasteiger partial charge in [0.15, 0.2) is 0 Å². The molecule has 4 nitrogen and oxygen atoms in total. The second-order valence-corrected chi connectivity index (χ2v) is 10.9. The lowest BCUT2D eigenvalue weighted by Crippen LogP contribution is -2.03. The smallest absolute Gasteiger partial charge is 0.146 e. The number of aromatic nitrogens is 3. The molecular weight excluding hydrogens is 454 g/mol. The maximum absolute atomic E-state index is 11.2. The van der Waals surface area contributed by atoms with Crippen molar-refractivity contribution in [3.63, 3.8) is 0 Å². The van der Waals surface area contributed by atoms with Crippen LogP contribution in [0.2, 0.25) is 0 Å². The molecule has 0 aliphatic heterocycles. The molecule has 0 spiro atoms. The van der Waals surface area contributed by atoms with Crippen molar-refractivity contribution in [2.75, 3.05) is 0 Å². The van der Waals surface area contributed by atoms with Crippen LogP contribution in [0.4, 0.5) is 0 Å². The van der Waals surface area contributed by atoms with Crippen LogP contribution >= 0.6 is 0 Å². The van der Waals surface area contributed by atoms with Crippen molar-refractivity contribution < 1.29 is 5.11 Å². The molecule has 0 fully saturated rings. The Hall–Kier alpha value is -2.36. The molecule has 0 radical (unpaired) electrons. The highest BCUT2D eigenvalue weighted by atomic mass is 16.3. The minimum Gasteiger partial charge on any atom is -0.505 e. The number of nitrogens with zero attached hydrogens (tertiary/aromatic N) is 3. The van der Waals surface area contributed by atoms with Gasteiger partial charge in [0.05, 0.1) is 0 Å². The normalized spacial score (nSPS) is 11.5. The third-order valence-electron chi connectivity index (χ3n) is 7.60. The Morgan fingerprint density at radius 1 is 0.595 bits per heavy atom. The number of phenolic OH excluding ortho intramolecular Hbond substituents is 1. The number of unbranched alkanes of at least 4 members (excludes halogenated alkanes) is 15. The number of hydrogen-bond donors (Lipinski definition) is 1. The molecule has 2 aromatic carbocycles. The molecule has 0 amide bonds. The minimum atomic E-state index is 0.347. The molecule has 0 bridgehead atoms. The SMILES string of the molecule is CCCCCCCCCCCCc1cc(CCCCCCCCC)cc(-n2nc3ccccc3n2)c1O. The molecule has 0 unspecified atom stereocenters. The summed E-state index contributed by atoms with van der Waals surface area (Å²) in [4.78, 5) is 1.64. The van der Waals surface area contributed by atoms with Gasteiger partial charge in [0.25, 0.3) is 0 Å². The van der Waals surface area contributed by atoms with Crippen LogP contribution in [0.1, 0.15) is 134 Å². The van der Waals surface area contributed by atoms with E-state index in [1.54, 1.807) is 4.80 Å². The van der Waals surface area contributed by atoms with Crippen molar-refractivity contribution in [1.82, 2.24) is 15.0 Å². The zero-order valence-electron chi connectivity index (χ0n) is 23.7. The Morgan fingerprint density at radius 2 is 1.05 bits per heavy atom. The molecule has 1 N–H and O–H groups in total. The van der Waals surface area contributed by atoms with Crippen molar-refractivity contribution in [2.24, 2.45) is 0 Å². The van der Waals surface area contributed by atoms with Crippen LogP contribution < -0.4 is 0 Å². The highest BCUT2D eigenvalue weighted by Crippen LogP contribution is 2.30. The summed E-state index contributed by atoms with van der Waals surface area (Å²) < 4.78 is 0. The first-order valence-electron chi connectivity index (χ1n) is 15.4. The highest BCUT2D eigenvalue weighted by Gasteiger charge is 2.15. The molecular formula is C33H51N3O. The largest absolute Gasteiger partial charge is 0.505 e. The highest BCUT2D eigenvalue weighted by molar-refractivity contribution is 5.73. The van der Waals surface area contributed by atoms with Crippen LogP contribution in [0, 0.1) is 0 Å². The predicted octanol–water partition coefficient (Wildman–Crippen LogP) is 9.88. The maximum Gasteiger partial charge on any atom is 0.146 e. The van der Waals surface area contributed by atoms with E-state index in [9.17, 15) is 5.11 Å². The molecule has 0 aliphatic rings. The lowest BCUT2D eigenvalue weighted by atomic mass is 9.98. The molecule has 0 saturated heterocycles. The number of aromatic hydroxyl groups is 1. The van der Waals surface area contributed by atoms with Crippen LogP contribution in [-0.4, -0.2) is 20.1 Å². The summed E-state index contributed by atoms with van der Waals surface area (Å²) in [6.07, 6.45) is 24.4. The number of benzene rings is 2. The van der Waals surface area contributed by atoms with Gasteiger partial charge in [0.2, 0.25) is 0 Å². The van der Waals surface area contributed by atoms with Crippen molar-refractivity contribution >= 4 is 11.0 Å². The Morgan fingerprint density at radius 3 is 1.57 bits per heavy atom. The van der Waals surface area contributed by atoms with E-state index in [1.165, 1.54) is 108 Å². The zero-order chi connectivity index (χ0) is 26.1. The van der Waals surface area contributed by atoms with Crippen LogP contribution in [0.5, 0.6) is 5.75 Å². The Kier molecular flexibility index (Phi) is 13.6. The van der Waals surface area contributed by atoms with Gasteiger partial charge in [-0.3, -0.25) is 0 Å². The van der Waals surface area contributed by atoms with Crippen molar-refractivity contribution in [2.45, 2.75) is 136 Å². The Balaban J connectivity index is 1.58.